The Morgan fingerprint density at radius 2 is 0.881 bits per heavy atom. The summed E-state index contributed by atoms with van der Waals surface area (Å²) >= 11 is 15.1. The van der Waals surface area contributed by atoms with Crippen LogP contribution >= 0.6 is 46.3 Å². The number of carbonyl (C=O) groups excluding carboxylic acids is 6. The van der Waals surface area contributed by atoms with Gasteiger partial charge in [-0.1, -0.05) is 97.2 Å². The van der Waals surface area contributed by atoms with Crippen molar-refractivity contribution < 1.29 is 66.8 Å². The molecule has 34 heteroatoms. The van der Waals surface area contributed by atoms with Gasteiger partial charge < -0.3 is 84.7 Å². The zero-order valence-corrected chi connectivity index (χ0v) is 87.3. The lowest BCUT2D eigenvalue weighted by molar-refractivity contribution is -0.385. The number of aryl methyl sites for hydroxylation is 6. The number of likely N-dealkylation sites (N-methyl/N-ethyl adjacent to an activating group) is 4. The van der Waals surface area contributed by atoms with Crippen LogP contribution < -0.4 is 65.1 Å². The molecule has 1 saturated carbocycles. The molecule has 0 spiro atoms. The van der Waals surface area contributed by atoms with Crippen LogP contribution in [0.1, 0.15) is 160 Å². The third kappa shape index (κ3) is 37.7. The first kappa shape index (κ1) is 114. The van der Waals surface area contributed by atoms with Gasteiger partial charge in [0.25, 0.3) is 41.1 Å². The lowest BCUT2D eigenvalue weighted by atomic mass is 10.1. The number of rotatable bonds is 39. The van der Waals surface area contributed by atoms with Crippen molar-refractivity contribution in [3.05, 3.63) is 316 Å². The number of nitro groups is 1. The molecule has 1 aliphatic rings. The van der Waals surface area contributed by atoms with Gasteiger partial charge in [-0.25, -0.2) is 9.97 Å². The standard InChI is InChI=1S/C23H29ClN2O3.C19H24N2O3.C18H23ClN4O3.C18H21N3O3S.C17H20N2O2.C14H12N2OS/c1-16-15-17(11-12-19(16)24)25-23(27)22-20(28-14-13-26(2)3)9-6-10-21(22)29-18-7-4-5-8-18;1-4-23-16-11-8-12-17(24-14-13-21(2)3)18(16)19(22)20-15-9-6-5-7-10-15;1-5-25-17-15(18(21-11-20-17)26-9-8-23(3)4)16(24)22-13-6-7-14(19)12(2)10-13;1-4-5-6-14-17(16(25-3)9-10-19-14)18(22)20-13-7-8-15(21(23)24)12(2)11-13;1-19(2)12-13-21-16-11-7-6-10-15(16)17(20)18-14-8-4-3-5-9-14;1-9-5-6-18-13(9)14(17)16-12-4-3-11(8-15)10(2)7-12/h6,9-12,15,18H,4-5,7-8,13-14H2,1-3H3,(H,25,27);5-12H,4,13-14H2,1-3H3,(H,20,22);6-7,10-11H,5,8-9H2,1-4H3,(H,22,24);7-11H,4-6H2,1-3H3,(H,20,22);3-11H,12-13H2,1-2H3,(H,18,20);3-7H,1-2H3,(H,16,17). The number of hydrogen-bond acceptors (Lipinski definition) is 25. The van der Waals surface area contributed by atoms with E-state index in [2.05, 4.69) is 59.8 Å². The van der Waals surface area contributed by atoms with Gasteiger partial charge in [-0.05, 0) is 317 Å². The summed E-state index contributed by atoms with van der Waals surface area (Å²) in [5.41, 5.74) is 11.7. The molecule has 0 bridgehead atoms. The van der Waals surface area contributed by atoms with E-state index in [1.807, 2.05) is 250 Å². The minimum Gasteiger partial charge on any atom is -0.493 e. The number of nitriles is 1. The van der Waals surface area contributed by atoms with Crippen LogP contribution in [0.2, 0.25) is 10.0 Å². The molecular formula is C109H129Cl2N15O15S2. The Kier molecular flexibility index (Phi) is 48.2. The third-order valence-electron chi connectivity index (χ3n) is 21.3. The molecule has 143 heavy (non-hydrogen) atoms. The third-order valence-corrected chi connectivity index (χ3v) is 24.0. The molecule has 3 heterocycles. The first-order valence-electron chi connectivity index (χ1n) is 46.8. The van der Waals surface area contributed by atoms with E-state index in [0.29, 0.717) is 141 Å². The Bertz CT molecular complexity index is 6200. The molecular weight excluding hydrogens is 1890 g/mol. The maximum atomic E-state index is 13.2. The zero-order chi connectivity index (χ0) is 104. The molecule has 9 aromatic carbocycles. The summed E-state index contributed by atoms with van der Waals surface area (Å²) in [5.74, 6) is 1.72. The summed E-state index contributed by atoms with van der Waals surface area (Å²) in [4.78, 5) is 109. The number of thiophene rings is 1. The number of para-hydroxylation sites is 3. The normalized spacial score (nSPS) is 11.2. The van der Waals surface area contributed by atoms with Crippen molar-refractivity contribution in [3.8, 4) is 46.6 Å². The summed E-state index contributed by atoms with van der Waals surface area (Å²) in [7, 11) is 15.8. The molecule has 6 amide bonds. The minimum atomic E-state index is -0.434. The second-order valence-corrected chi connectivity index (χ2v) is 36.3. The quantitative estimate of drug-likeness (QED) is 0.0118. The maximum Gasteiger partial charge on any atom is 0.272 e. The van der Waals surface area contributed by atoms with E-state index >= 15 is 0 Å². The van der Waals surface area contributed by atoms with Crippen molar-refractivity contribution in [2.24, 2.45) is 0 Å². The van der Waals surface area contributed by atoms with E-state index in [-0.39, 0.29) is 58.7 Å². The number of ether oxygens (including phenoxy) is 7. The van der Waals surface area contributed by atoms with Gasteiger partial charge in [0.05, 0.1) is 57.6 Å². The van der Waals surface area contributed by atoms with Gasteiger partial charge >= 0.3 is 0 Å². The average Bonchev–Trinajstić information content (AvgIpc) is 0.991. The summed E-state index contributed by atoms with van der Waals surface area (Å²) in [5, 5.41) is 40.2. The summed E-state index contributed by atoms with van der Waals surface area (Å²) in [6.07, 6.45) is 12.2. The molecule has 1 aliphatic carbocycles. The van der Waals surface area contributed by atoms with Crippen molar-refractivity contribution in [2.75, 3.05) is 160 Å². The lowest BCUT2D eigenvalue weighted by Crippen LogP contribution is -2.22. The molecule has 12 aromatic rings. The SMILES string of the molecule is CCCCc1nccc(SC)c1C(=O)Nc1ccc([N+](=O)[O-])c(C)c1.CCOc1cccc(OCCN(C)C)c1C(=O)Nc1ccccc1.CCOc1ncnc(OCCN(C)C)c1C(=O)Nc1ccc(Cl)c(C)c1.CN(C)CCOc1ccccc1C(=O)Nc1ccccc1.Cc1cc(NC(=O)c2c(OCCN(C)C)cccc2OC2CCCC2)ccc1Cl.Cc1cc(NC(=O)c2sccc2C)ccc1C#N. The Hall–Kier alpha value is -14.0. The molecule has 0 saturated heterocycles. The van der Waals surface area contributed by atoms with Crippen molar-refractivity contribution in [1.29, 1.82) is 5.26 Å². The summed E-state index contributed by atoms with van der Waals surface area (Å²) < 4.78 is 40.4. The van der Waals surface area contributed by atoms with Crippen LogP contribution in [0.4, 0.5) is 39.8 Å². The maximum absolute atomic E-state index is 13.2. The number of hydrogen-bond donors (Lipinski definition) is 6. The van der Waals surface area contributed by atoms with Crippen LogP contribution in [0.5, 0.6) is 40.5 Å². The highest BCUT2D eigenvalue weighted by Crippen LogP contribution is 2.37. The monoisotopic (exact) mass is 2020 g/mol. The largest absolute Gasteiger partial charge is 0.493 e. The number of nitro benzene ring substituents is 1. The van der Waals surface area contributed by atoms with Gasteiger partial charge in [0, 0.05) is 93.1 Å². The highest BCUT2D eigenvalue weighted by Gasteiger charge is 2.28. The van der Waals surface area contributed by atoms with Crippen LogP contribution in [0.15, 0.2) is 229 Å². The van der Waals surface area contributed by atoms with Gasteiger partial charge in [-0.2, -0.15) is 5.26 Å². The van der Waals surface area contributed by atoms with E-state index in [1.54, 1.807) is 92.0 Å². The number of amides is 6. The Balaban J connectivity index is 0.000000211. The molecule has 13 rings (SSSR count). The highest BCUT2D eigenvalue weighted by atomic mass is 35.5. The topological polar surface area (TPSA) is 358 Å². The fraction of sp³-hybridized carbons (Fsp3) is 0.321. The van der Waals surface area contributed by atoms with Crippen molar-refractivity contribution in [2.45, 2.75) is 111 Å². The predicted octanol–water partition coefficient (Wildman–Crippen LogP) is 22.5. The van der Waals surface area contributed by atoms with Gasteiger partial charge in [0.15, 0.2) is 5.56 Å². The minimum absolute atomic E-state index is 0.0350. The van der Waals surface area contributed by atoms with E-state index in [9.17, 15) is 38.9 Å². The van der Waals surface area contributed by atoms with Gasteiger partial charge in [0.2, 0.25) is 11.8 Å². The van der Waals surface area contributed by atoms with Gasteiger partial charge in [-0.15, -0.1) is 23.1 Å². The first-order chi connectivity index (χ1) is 68.7. The Morgan fingerprint density at radius 3 is 1.36 bits per heavy atom. The van der Waals surface area contributed by atoms with Crippen LogP contribution in [-0.2, 0) is 6.42 Å². The second-order valence-electron chi connectivity index (χ2n) is 33.8. The number of halogens is 2. The molecule has 6 N–H and O–H groups in total. The number of pyridine rings is 1. The van der Waals surface area contributed by atoms with Crippen molar-refractivity contribution in [1.82, 2.24) is 34.6 Å². The second kappa shape index (κ2) is 60.3. The molecule has 756 valence electrons. The van der Waals surface area contributed by atoms with E-state index < -0.39 is 10.8 Å². The van der Waals surface area contributed by atoms with Crippen LogP contribution in [0.3, 0.4) is 0 Å². The van der Waals surface area contributed by atoms with Crippen molar-refractivity contribution >= 4 is 122 Å². The smallest absolute Gasteiger partial charge is 0.272 e. The summed E-state index contributed by atoms with van der Waals surface area (Å²) in [6.45, 7) is 20.8. The number of nitrogens with zero attached hydrogens (tertiary/aromatic N) is 9. The first-order valence-corrected chi connectivity index (χ1v) is 49.6. The number of nitrogens with one attached hydrogen (secondary N) is 6. The fourth-order valence-corrected chi connectivity index (χ4v) is 15.5. The number of aromatic nitrogens is 3. The van der Waals surface area contributed by atoms with Crippen LogP contribution in [0, 0.1) is 56.1 Å². The molecule has 1 fully saturated rings. The molecule has 3 aromatic heterocycles. The number of benzene rings is 9. The van der Waals surface area contributed by atoms with E-state index in [4.69, 9.17) is 61.6 Å². The van der Waals surface area contributed by atoms with Crippen molar-refractivity contribution in [3.63, 3.8) is 0 Å². The number of unbranched alkanes of at least 4 members (excludes halogenated alkanes) is 1. The average molecular weight is 2020 g/mol. The van der Waals surface area contributed by atoms with Crippen LogP contribution in [-0.4, -0.2) is 209 Å². The number of carbonyl (C=O) groups is 6. The number of thioether (sulfide) groups is 1. The lowest BCUT2D eigenvalue weighted by Gasteiger charge is -2.20. The fourth-order valence-electron chi connectivity index (χ4n) is 13.8. The van der Waals surface area contributed by atoms with Crippen LogP contribution in [0.25, 0.3) is 0 Å². The Morgan fingerprint density at radius 1 is 0.455 bits per heavy atom. The van der Waals surface area contributed by atoms with E-state index in [1.165, 1.54) is 35.5 Å². The molecule has 0 aliphatic heterocycles. The van der Waals surface area contributed by atoms with Gasteiger partial charge in [0.1, 0.15) is 72.6 Å². The molecule has 30 nitrogen and oxygen atoms in total. The highest BCUT2D eigenvalue weighted by molar-refractivity contribution is 7.98. The van der Waals surface area contributed by atoms with Gasteiger partial charge in [-0.3, -0.25) is 43.9 Å². The molecule has 0 atom stereocenters. The predicted molar refractivity (Wildman–Crippen MR) is 573 cm³/mol. The Labute approximate surface area is 857 Å². The number of anilines is 6. The summed E-state index contributed by atoms with van der Waals surface area (Å²) in [6, 6.07) is 63.3. The molecule has 0 radical (unpaired) electrons. The van der Waals surface area contributed by atoms with E-state index in [0.717, 1.165) is 114 Å². The zero-order valence-electron chi connectivity index (χ0n) is 84.2. The molecule has 0 unspecified atom stereocenters.